The van der Waals surface area contributed by atoms with Crippen molar-refractivity contribution in [2.75, 3.05) is 4.90 Å². The Balaban J connectivity index is 1.28. The molecule has 0 saturated heterocycles. The number of anilines is 1. The standard InChI is InChI=1S/C42H36N2O4/c1-21(2)24-11-8-12-25(22(3)4)38(24)44-41(47)32-19-15-28-26-13-17-30-36-31(40(46)43(39(30)45)23-9-6-5-7-10-23)18-14-27(34(26)36)29-16-20-33(42(44)48)37(32)35(28)29/h8,11-23H,5-7,9-10H2,1-4H3. The molecule has 0 N–H and O–H groups in total. The van der Waals surface area contributed by atoms with E-state index in [0.717, 1.165) is 75.5 Å². The van der Waals surface area contributed by atoms with Crippen LogP contribution >= 0.6 is 0 Å². The second-order valence-electron chi connectivity index (χ2n) is 14.5. The highest BCUT2D eigenvalue weighted by Crippen LogP contribution is 2.48. The summed E-state index contributed by atoms with van der Waals surface area (Å²) in [6.45, 7) is 8.35. The number of benzene rings is 6. The van der Waals surface area contributed by atoms with Crippen LogP contribution in [0.2, 0.25) is 0 Å². The van der Waals surface area contributed by atoms with Crippen molar-refractivity contribution in [3.05, 3.63) is 100 Å². The maximum atomic E-state index is 14.5. The summed E-state index contributed by atoms with van der Waals surface area (Å²) in [4.78, 5) is 60.0. The molecule has 0 atom stereocenters. The van der Waals surface area contributed by atoms with E-state index in [9.17, 15) is 19.2 Å². The van der Waals surface area contributed by atoms with Crippen LogP contribution in [0.4, 0.5) is 5.69 Å². The van der Waals surface area contributed by atoms with Crippen molar-refractivity contribution in [3.8, 4) is 0 Å². The molecule has 0 aromatic heterocycles. The highest BCUT2D eigenvalue weighted by Gasteiger charge is 2.40. The van der Waals surface area contributed by atoms with Gasteiger partial charge in [-0.3, -0.25) is 24.1 Å². The Morgan fingerprint density at radius 2 is 0.896 bits per heavy atom. The monoisotopic (exact) mass is 632 g/mol. The van der Waals surface area contributed by atoms with E-state index in [1.165, 1.54) is 9.80 Å². The molecule has 0 spiro atoms. The molecule has 9 rings (SSSR count). The summed E-state index contributed by atoms with van der Waals surface area (Å²) in [6, 6.07) is 21.3. The van der Waals surface area contributed by atoms with Crippen LogP contribution in [0.5, 0.6) is 0 Å². The minimum Gasteiger partial charge on any atom is -0.271 e. The molecule has 2 heterocycles. The molecular weight excluding hydrogens is 596 g/mol. The fraction of sp³-hybridized carbons (Fsp3) is 0.286. The summed E-state index contributed by atoms with van der Waals surface area (Å²) in [5.41, 5.74) is 4.76. The van der Waals surface area contributed by atoms with Gasteiger partial charge < -0.3 is 0 Å². The lowest BCUT2D eigenvalue weighted by atomic mass is 9.81. The molecule has 238 valence electrons. The maximum Gasteiger partial charge on any atom is 0.266 e. The molecule has 0 radical (unpaired) electrons. The fourth-order valence-corrected chi connectivity index (χ4v) is 8.93. The van der Waals surface area contributed by atoms with E-state index in [0.29, 0.717) is 38.7 Å². The first kappa shape index (κ1) is 29.1. The summed E-state index contributed by atoms with van der Waals surface area (Å²) < 4.78 is 0. The van der Waals surface area contributed by atoms with E-state index >= 15 is 0 Å². The number of para-hydroxylation sites is 1. The molecule has 6 nitrogen and oxygen atoms in total. The first-order chi connectivity index (χ1) is 23.2. The second-order valence-corrected chi connectivity index (χ2v) is 14.5. The molecule has 6 heteroatoms. The lowest BCUT2D eigenvalue weighted by Crippen LogP contribution is -2.47. The molecule has 1 fully saturated rings. The molecule has 6 aromatic rings. The van der Waals surface area contributed by atoms with Crippen molar-refractivity contribution in [2.24, 2.45) is 0 Å². The molecule has 6 aromatic carbocycles. The number of fused-ring (bicyclic) bond motifs is 2. The van der Waals surface area contributed by atoms with Crippen molar-refractivity contribution >= 4 is 72.4 Å². The predicted octanol–water partition coefficient (Wildman–Crippen LogP) is 9.71. The molecule has 3 aliphatic rings. The first-order valence-corrected chi connectivity index (χ1v) is 17.3. The molecule has 0 unspecified atom stereocenters. The van der Waals surface area contributed by atoms with Crippen molar-refractivity contribution in [1.29, 1.82) is 0 Å². The van der Waals surface area contributed by atoms with Gasteiger partial charge in [-0.2, -0.15) is 0 Å². The van der Waals surface area contributed by atoms with Gasteiger partial charge in [-0.1, -0.05) is 89.4 Å². The molecule has 4 amide bonds. The zero-order chi connectivity index (χ0) is 33.2. The Hall–Kier alpha value is -5.10. The van der Waals surface area contributed by atoms with Crippen molar-refractivity contribution in [3.63, 3.8) is 0 Å². The van der Waals surface area contributed by atoms with Crippen molar-refractivity contribution in [1.82, 2.24) is 4.90 Å². The van der Waals surface area contributed by atoms with Crippen molar-refractivity contribution in [2.45, 2.75) is 77.7 Å². The van der Waals surface area contributed by atoms with E-state index in [1.807, 2.05) is 66.7 Å². The van der Waals surface area contributed by atoms with Gasteiger partial charge in [0.05, 0.1) is 5.69 Å². The summed E-state index contributed by atoms with van der Waals surface area (Å²) in [6.07, 6.45) is 4.89. The average Bonchev–Trinajstić information content (AvgIpc) is 3.09. The molecule has 1 aliphatic carbocycles. The molecule has 0 bridgehead atoms. The van der Waals surface area contributed by atoms with Crippen LogP contribution in [-0.4, -0.2) is 34.6 Å². The topological polar surface area (TPSA) is 74.8 Å². The quantitative estimate of drug-likeness (QED) is 0.110. The summed E-state index contributed by atoms with van der Waals surface area (Å²) in [7, 11) is 0. The SMILES string of the molecule is CC(C)c1cccc(C(C)C)c1N1C(=O)c2ccc3c4ccc5c6c(ccc(c7ccc(c2c37)C1=O)c64)C(=O)N(C1CCCCC1)C5=O. The Morgan fingerprint density at radius 3 is 1.29 bits per heavy atom. The number of nitrogens with zero attached hydrogens (tertiary/aromatic N) is 2. The van der Waals surface area contributed by atoms with Gasteiger partial charge >= 0.3 is 0 Å². The Labute approximate surface area is 278 Å². The third-order valence-corrected chi connectivity index (χ3v) is 11.2. The van der Waals surface area contributed by atoms with Crippen LogP contribution in [-0.2, 0) is 0 Å². The highest BCUT2D eigenvalue weighted by molar-refractivity contribution is 6.44. The van der Waals surface area contributed by atoms with E-state index < -0.39 is 0 Å². The van der Waals surface area contributed by atoms with E-state index in [1.54, 1.807) is 0 Å². The Morgan fingerprint density at radius 1 is 0.500 bits per heavy atom. The molecule has 2 aliphatic heterocycles. The lowest BCUT2D eigenvalue weighted by Gasteiger charge is -2.36. The molecule has 1 saturated carbocycles. The van der Waals surface area contributed by atoms with E-state index in [4.69, 9.17) is 0 Å². The first-order valence-electron chi connectivity index (χ1n) is 17.3. The van der Waals surface area contributed by atoms with E-state index in [2.05, 4.69) is 27.7 Å². The normalized spacial score (nSPS) is 17.1. The van der Waals surface area contributed by atoms with Crippen LogP contribution in [0.25, 0.3) is 43.1 Å². The molecular formula is C42H36N2O4. The lowest BCUT2D eigenvalue weighted by molar-refractivity contribution is 0.0502. The molecule has 48 heavy (non-hydrogen) atoms. The number of carbonyl (C=O) groups excluding carboxylic acids is 4. The predicted molar refractivity (Wildman–Crippen MR) is 191 cm³/mol. The fourth-order valence-electron chi connectivity index (χ4n) is 8.93. The zero-order valence-corrected chi connectivity index (χ0v) is 27.6. The highest BCUT2D eigenvalue weighted by atomic mass is 16.2. The smallest absolute Gasteiger partial charge is 0.266 e. The van der Waals surface area contributed by atoms with Gasteiger partial charge in [0.25, 0.3) is 23.6 Å². The number of imide groups is 2. The van der Waals surface area contributed by atoms with Gasteiger partial charge in [0.2, 0.25) is 0 Å². The zero-order valence-electron chi connectivity index (χ0n) is 27.6. The van der Waals surface area contributed by atoms with Crippen molar-refractivity contribution < 1.29 is 19.2 Å². The maximum absolute atomic E-state index is 14.5. The van der Waals surface area contributed by atoms with E-state index in [-0.39, 0.29) is 41.5 Å². The van der Waals surface area contributed by atoms with Gasteiger partial charge in [-0.05, 0) is 92.4 Å². The minimum atomic E-state index is -0.318. The Bertz CT molecular complexity index is 2280. The van der Waals surface area contributed by atoms with Gasteiger partial charge in [-0.25, -0.2) is 4.90 Å². The van der Waals surface area contributed by atoms with Crippen LogP contribution in [0, 0.1) is 0 Å². The number of rotatable bonds is 4. The summed E-state index contributed by atoms with van der Waals surface area (Å²) in [5.74, 6) is -0.829. The minimum absolute atomic E-state index is 0.0650. The van der Waals surface area contributed by atoms with Gasteiger partial charge in [0.1, 0.15) is 0 Å². The van der Waals surface area contributed by atoms with Crippen LogP contribution in [0.1, 0.15) is 124 Å². The van der Waals surface area contributed by atoms with Crippen LogP contribution in [0.15, 0.2) is 66.7 Å². The number of carbonyl (C=O) groups is 4. The third kappa shape index (κ3) is 3.69. The third-order valence-electron chi connectivity index (χ3n) is 11.2. The average molecular weight is 633 g/mol. The second kappa shape index (κ2) is 10.2. The summed E-state index contributed by atoms with van der Waals surface area (Å²) >= 11 is 0. The summed E-state index contributed by atoms with van der Waals surface area (Å²) in [5, 5.41) is 6.72. The number of hydrogen-bond donors (Lipinski definition) is 0. The number of hydrogen-bond acceptors (Lipinski definition) is 4. The van der Waals surface area contributed by atoms with Gasteiger partial charge in [0, 0.05) is 39.1 Å². The van der Waals surface area contributed by atoms with Crippen LogP contribution in [0.3, 0.4) is 0 Å². The largest absolute Gasteiger partial charge is 0.271 e. The van der Waals surface area contributed by atoms with Gasteiger partial charge in [-0.15, -0.1) is 0 Å². The van der Waals surface area contributed by atoms with Gasteiger partial charge in [0.15, 0.2) is 0 Å². The van der Waals surface area contributed by atoms with Crippen LogP contribution < -0.4 is 4.90 Å². The number of amides is 4. The Kier molecular flexibility index (Phi) is 6.18.